The smallest absolute Gasteiger partial charge is 0.302 e. The summed E-state index contributed by atoms with van der Waals surface area (Å²) in [6, 6.07) is 1.82. The summed E-state index contributed by atoms with van der Waals surface area (Å²) in [6.45, 7) is 7.73. The maximum absolute atomic E-state index is 13.2. The number of aliphatic hydroxyl groups is 2. The Balaban J connectivity index is 2.07. The van der Waals surface area contributed by atoms with Gasteiger partial charge in [-0.1, -0.05) is 20.8 Å². The van der Waals surface area contributed by atoms with Crippen molar-refractivity contribution in [3.8, 4) is 0 Å². The lowest BCUT2D eigenvalue weighted by Gasteiger charge is -2.65. The molecule has 0 spiro atoms. The number of fused-ring (bicyclic) bond motifs is 1. The number of ketones is 1. The Morgan fingerprint density at radius 1 is 1.25 bits per heavy atom. The van der Waals surface area contributed by atoms with Crippen LogP contribution in [0.2, 0.25) is 0 Å². The van der Waals surface area contributed by atoms with E-state index in [1.165, 1.54) is 13.8 Å². The van der Waals surface area contributed by atoms with Crippen molar-refractivity contribution in [1.82, 2.24) is 0 Å². The van der Waals surface area contributed by atoms with E-state index < -0.39 is 58.2 Å². The average molecular weight is 451 g/mol. The van der Waals surface area contributed by atoms with Crippen molar-refractivity contribution in [3.63, 3.8) is 0 Å². The molecule has 7 atom stereocenters. The zero-order valence-electron chi connectivity index (χ0n) is 19.4. The van der Waals surface area contributed by atoms with Crippen molar-refractivity contribution in [2.75, 3.05) is 6.61 Å². The number of carbonyl (C=O) groups excluding carboxylic acids is 3. The molecule has 2 saturated carbocycles. The summed E-state index contributed by atoms with van der Waals surface area (Å²) < 4.78 is 16.1. The molecule has 2 fully saturated rings. The highest BCUT2D eigenvalue weighted by atomic mass is 16.6. The fraction of sp³-hybridized carbons (Fsp3) is 0.708. The van der Waals surface area contributed by atoms with E-state index in [-0.39, 0.29) is 6.61 Å². The second kappa shape index (κ2) is 8.63. The first kappa shape index (κ1) is 24.5. The monoisotopic (exact) mass is 450 g/mol. The van der Waals surface area contributed by atoms with Gasteiger partial charge < -0.3 is 24.1 Å². The molecule has 7 unspecified atom stereocenters. The minimum Gasteiger partial charge on any atom is -0.472 e. The second-order valence-electron chi connectivity index (χ2n) is 9.94. The Morgan fingerprint density at radius 3 is 2.50 bits per heavy atom. The molecule has 0 saturated heterocycles. The van der Waals surface area contributed by atoms with Gasteiger partial charge in [-0.3, -0.25) is 14.4 Å². The number of furan rings is 1. The van der Waals surface area contributed by atoms with Crippen LogP contribution in [0.5, 0.6) is 0 Å². The van der Waals surface area contributed by atoms with Crippen molar-refractivity contribution in [3.05, 3.63) is 24.2 Å². The van der Waals surface area contributed by atoms with E-state index in [2.05, 4.69) is 0 Å². The number of esters is 2. The first-order chi connectivity index (χ1) is 14.9. The SMILES string of the molecule is CC(=O)OCC1(C)C(OC(C)=O)CCC2(C)C1C(O)C(=O)C(C)C2(O)CCc1ccoc1. The molecule has 32 heavy (non-hydrogen) atoms. The largest absolute Gasteiger partial charge is 0.472 e. The molecule has 1 aromatic rings. The number of rotatable bonds is 6. The van der Waals surface area contributed by atoms with Crippen LogP contribution in [0.15, 0.2) is 23.0 Å². The molecule has 0 bridgehead atoms. The summed E-state index contributed by atoms with van der Waals surface area (Å²) in [7, 11) is 0. The summed E-state index contributed by atoms with van der Waals surface area (Å²) in [5.74, 6) is -3.05. The minimum atomic E-state index is -1.43. The number of hydrogen-bond acceptors (Lipinski definition) is 8. The molecule has 0 amide bonds. The van der Waals surface area contributed by atoms with Gasteiger partial charge in [0.15, 0.2) is 5.78 Å². The lowest BCUT2D eigenvalue weighted by Crippen LogP contribution is -2.73. The van der Waals surface area contributed by atoms with Gasteiger partial charge in [-0.25, -0.2) is 0 Å². The number of hydrogen-bond donors (Lipinski definition) is 2. The molecular formula is C24H34O8. The maximum atomic E-state index is 13.2. The van der Waals surface area contributed by atoms with Crippen LogP contribution in [0.4, 0.5) is 0 Å². The van der Waals surface area contributed by atoms with Gasteiger partial charge in [0.25, 0.3) is 0 Å². The quantitative estimate of drug-likeness (QED) is 0.634. The Bertz CT molecular complexity index is 863. The van der Waals surface area contributed by atoms with Crippen molar-refractivity contribution in [2.24, 2.45) is 22.7 Å². The summed E-state index contributed by atoms with van der Waals surface area (Å²) in [5.41, 5.74) is -2.48. The summed E-state index contributed by atoms with van der Waals surface area (Å²) in [4.78, 5) is 36.7. The first-order valence-corrected chi connectivity index (χ1v) is 11.1. The van der Waals surface area contributed by atoms with Gasteiger partial charge in [0.05, 0.1) is 18.1 Å². The fourth-order valence-corrected chi connectivity index (χ4v) is 6.29. The van der Waals surface area contributed by atoms with Crippen LogP contribution in [0.25, 0.3) is 0 Å². The van der Waals surface area contributed by atoms with Gasteiger partial charge in [0.2, 0.25) is 0 Å². The topological polar surface area (TPSA) is 123 Å². The highest BCUT2D eigenvalue weighted by Crippen LogP contribution is 2.63. The molecule has 0 radical (unpaired) electrons. The van der Waals surface area contributed by atoms with E-state index in [1.807, 2.05) is 13.0 Å². The Morgan fingerprint density at radius 2 is 1.94 bits per heavy atom. The van der Waals surface area contributed by atoms with Gasteiger partial charge in [-0.05, 0) is 37.3 Å². The molecule has 0 aromatic carbocycles. The molecule has 2 aliphatic rings. The van der Waals surface area contributed by atoms with Gasteiger partial charge in [0, 0.05) is 36.5 Å². The van der Waals surface area contributed by atoms with Crippen molar-refractivity contribution in [2.45, 2.75) is 78.1 Å². The lowest BCUT2D eigenvalue weighted by molar-refractivity contribution is -0.262. The summed E-state index contributed by atoms with van der Waals surface area (Å²) in [5, 5.41) is 23.3. The van der Waals surface area contributed by atoms with E-state index in [0.29, 0.717) is 25.7 Å². The number of aryl methyl sites for hydroxylation is 1. The van der Waals surface area contributed by atoms with Gasteiger partial charge in [-0.15, -0.1) is 0 Å². The van der Waals surface area contributed by atoms with Gasteiger partial charge in [-0.2, -0.15) is 0 Å². The molecular weight excluding hydrogens is 416 g/mol. The van der Waals surface area contributed by atoms with Crippen molar-refractivity contribution >= 4 is 17.7 Å². The molecule has 2 N–H and O–H groups in total. The van der Waals surface area contributed by atoms with Crippen LogP contribution >= 0.6 is 0 Å². The number of aliphatic hydroxyl groups excluding tert-OH is 1. The van der Waals surface area contributed by atoms with Crippen molar-refractivity contribution < 1.29 is 38.5 Å². The summed E-state index contributed by atoms with van der Waals surface area (Å²) >= 11 is 0. The minimum absolute atomic E-state index is 0.142. The standard InChI is InChI=1S/C24H34O8/c1-14-19(27)20(28)21-22(4,13-31-15(2)25)18(32-16(3)26)7-9-23(21,5)24(14,29)10-6-17-8-11-30-12-17/h8,11-12,14,18,20-21,28-29H,6-7,9-10,13H2,1-5H3. The third kappa shape index (κ3) is 3.88. The van der Waals surface area contributed by atoms with Crippen LogP contribution in [0, 0.1) is 22.7 Å². The van der Waals surface area contributed by atoms with E-state index in [1.54, 1.807) is 26.4 Å². The number of carbonyl (C=O) groups is 3. The lowest BCUT2D eigenvalue weighted by atomic mass is 9.42. The third-order valence-corrected chi connectivity index (χ3v) is 8.07. The van der Waals surface area contributed by atoms with Crippen LogP contribution in [0.1, 0.15) is 59.4 Å². The predicted molar refractivity (Wildman–Crippen MR) is 113 cm³/mol. The molecule has 1 heterocycles. The van der Waals surface area contributed by atoms with E-state index in [0.717, 1.165) is 5.56 Å². The van der Waals surface area contributed by atoms with Crippen LogP contribution in [-0.2, 0) is 30.3 Å². The summed E-state index contributed by atoms with van der Waals surface area (Å²) in [6.07, 6.45) is 2.74. The molecule has 178 valence electrons. The zero-order chi connectivity index (χ0) is 23.9. The fourth-order valence-electron chi connectivity index (χ4n) is 6.29. The number of ether oxygens (including phenoxy) is 2. The second-order valence-corrected chi connectivity index (χ2v) is 9.94. The number of Topliss-reactive ketones (excluding diaryl/α,β-unsaturated/α-hetero) is 1. The maximum Gasteiger partial charge on any atom is 0.302 e. The van der Waals surface area contributed by atoms with Crippen LogP contribution < -0.4 is 0 Å². The van der Waals surface area contributed by atoms with E-state index in [9.17, 15) is 24.6 Å². The third-order valence-electron chi connectivity index (χ3n) is 8.07. The molecule has 3 rings (SSSR count). The van der Waals surface area contributed by atoms with E-state index >= 15 is 0 Å². The Kier molecular flexibility index (Phi) is 6.60. The predicted octanol–water partition coefficient (Wildman–Crippen LogP) is 2.44. The van der Waals surface area contributed by atoms with Crippen LogP contribution in [0.3, 0.4) is 0 Å². The Hall–Kier alpha value is -2.19. The molecule has 2 aliphatic carbocycles. The highest BCUT2D eigenvalue weighted by molar-refractivity contribution is 5.88. The molecule has 8 nitrogen and oxygen atoms in total. The van der Waals surface area contributed by atoms with Gasteiger partial charge in [0.1, 0.15) is 18.8 Å². The van der Waals surface area contributed by atoms with Crippen LogP contribution in [-0.4, -0.2) is 52.4 Å². The first-order valence-electron chi connectivity index (χ1n) is 11.1. The normalized spacial score (nSPS) is 39.3. The molecule has 8 heteroatoms. The molecule has 1 aromatic heterocycles. The average Bonchev–Trinajstić information content (AvgIpc) is 3.24. The van der Waals surface area contributed by atoms with E-state index in [4.69, 9.17) is 13.9 Å². The molecule has 0 aliphatic heterocycles. The van der Waals surface area contributed by atoms with Gasteiger partial charge >= 0.3 is 11.9 Å². The Labute approximate surface area is 188 Å². The zero-order valence-corrected chi connectivity index (χ0v) is 19.4. The van der Waals surface area contributed by atoms with Crippen molar-refractivity contribution in [1.29, 1.82) is 0 Å². The highest BCUT2D eigenvalue weighted by Gasteiger charge is 2.70.